The lowest BCUT2D eigenvalue weighted by Gasteiger charge is -2.31. The number of nitrogens with one attached hydrogen (secondary N) is 1. The third kappa shape index (κ3) is 4.05. The van der Waals surface area contributed by atoms with Crippen molar-refractivity contribution in [3.05, 3.63) is 0 Å². The van der Waals surface area contributed by atoms with Gasteiger partial charge in [-0.05, 0) is 25.2 Å². The van der Waals surface area contributed by atoms with E-state index < -0.39 is 6.09 Å². The van der Waals surface area contributed by atoms with Crippen molar-refractivity contribution in [2.45, 2.75) is 38.3 Å². The van der Waals surface area contributed by atoms with Gasteiger partial charge >= 0.3 is 6.09 Å². The maximum Gasteiger partial charge on any atom is 0.407 e. The highest BCUT2D eigenvalue weighted by Crippen LogP contribution is 2.22. The summed E-state index contributed by atoms with van der Waals surface area (Å²) in [6.45, 7) is 2.03. The Labute approximate surface area is 90.0 Å². The highest BCUT2D eigenvalue weighted by molar-refractivity contribution is 5.67. The van der Waals surface area contributed by atoms with Gasteiger partial charge in [-0.25, -0.2) is 4.79 Å². The van der Waals surface area contributed by atoms with Crippen molar-refractivity contribution in [1.82, 2.24) is 5.32 Å². The fraction of sp³-hybridized carbons (Fsp3) is 0.900. The highest BCUT2D eigenvalue weighted by Gasteiger charge is 2.26. The van der Waals surface area contributed by atoms with E-state index in [4.69, 9.17) is 15.6 Å². The van der Waals surface area contributed by atoms with E-state index in [0.717, 1.165) is 19.3 Å². The molecule has 0 aromatic carbocycles. The van der Waals surface area contributed by atoms with Crippen LogP contribution in [0.5, 0.6) is 0 Å². The minimum Gasteiger partial charge on any atom is -0.447 e. The maximum absolute atomic E-state index is 11.2. The molecule has 0 bridgehead atoms. The molecule has 0 radical (unpaired) electrons. The van der Waals surface area contributed by atoms with Crippen molar-refractivity contribution in [2.24, 2.45) is 11.7 Å². The van der Waals surface area contributed by atoms with Gasteiger partial charge in [0.15, 0.2) is 0 Å². The molecular weight excluding hydrogens is 196 g/mol. The van der Waals surface area contributed by atoms with Crippen molar-refractivity contribution in [3.63, 3.8) is 0 Å². The minimum absolute atomic E-state index is 0.0427. The third-order valence-corrected chi connectivity index (χ3v) is 2.90. The Balaban J connectivity index is 2.24. The van der Waals surface area contributed by atoms with Crippen LogP contribution in [0.1, 0.15) is 26.2 Å². The maximum atomic E-state index is 11.2. The summed E-state index contributed by atoms with van der Waals surface area (Å²) in [5.41, 5.74) is 5.91. The summed E-state index contributed by atoms with van der Waals surface area (Å²) in [7, 11) is 0. The van der Waals surface area contributed by atoms with Crippen LogP contribution >= 0.6 is 0 Å². The molecule has 4 N–H and O–H groups in total. The van der Waals surface area contributed by atoms with E-state index in [2.05, 4.69) is 12.2 Å². The van der Waals surface area contributed by atoms with E-state index >= 15 is 0 Å². The molecule has 0 heterocycles. The number of ether oxygens (including phenoxy) is 1. The summed E-state index contributed by atoms with van der Waals surface area (Å²) >= 11 is 0. The average Bonchev–Trinajstić information content (AvgIpc) is 2.20. The summed E-state index contributed by atoms with van der Waals surface area (Å²) < 4.78 is 4.72. The van der Waals surface area contributed by atoms with E-state index in [-0.39, 0.29) is 25.3 Å². The van der Waals surface area contributed by atoms with Gasteiger partial charge in [-0.1, -0.05) is 6.92 Å². The largest absolute Gasteiger partial charge is 0.447 e. The number of hydrogen-bond acceptors (Lipinski definition) is 4. The van der Waals surface area contributed by atoms with E-state index in [9.17, 15) is 4.79 Å². The number of rotatable bonds is 3. The van der Waals surface area contributed by atoms with Gasteiger partial charge in [0, 0.05) is 12.1 Å². The second-order valence-electron chi connectivity index (χ2n) is 4.15. The zero-order valence-corrected chi connectivity index (χ0v) is 9.11. The number of aliphatic hydroxyl groups is 1. The fourth-order valence-electron chi connectivity index (χ4n) is 1.83. The third-order valence-electron chi connectivity index (χ3n) is 2.90. The Kier molecular flexibility index (Phi) is 4.84. The summed E-state index contributed by atoms with van der Waals surface area (Å²) in [5.74, 6) is 0.525. The minimum atomic E-state index is -0.462. The molecule has 5 nitrogen and oxygen atoms in total. The standard InChI is InChI=1S/C10H20N2O3/c1-7-2-3-8(6-9(7)11)12-10(14)15-5-4-13/h7-9,13H,2-6,11H2,1H3,(H,12,14). The molecule has 1 fully saturated rings. The van der Waals surface area contributed by atoms with E-state index in [0.29, 0.717) is 5.92 Å². The molecule has 5 heteroatoms. The molecule has 0 saturated heterocycles. The first-order chi connectivity index (χ1) is 7.13. The quantitative estimate of drug-likeness (QED) is 0.630. The molecule has 3 unspecified atom stereocenters. The number of amides is 1. The van der Waals surface area contributed by atoms with Gasteiger partial charge in [0.05, 0.1) is 6.61 Å². The first kappa shape index (κ1) is 12.3. The van der Waals surface area contributed by atoms with Crippen LogP contribution in [-0.2, 0) is 4.74 Å². The molecule has 1 amide bonds. The first-order valence-electron chi connectivity index (χ1n) is 5.43. The number of alkyl carbamates (subject to hydrolysis) is 1. The van der Waals surface area contributed by atoms with Gasteiger partial charge in [0.1, 0.15) is 6.61 Å². The summed E-state index contributed by atoms with van der Waals surface area (Å²) in [5, 5.41) is 11.2. The van der Waals surface area contributed by atoms with E-state index in [1.165, 1.54) is 0 Å². The zero-order chi connectivity index (χ0) is 11.3. The molecule has 15 heavy (non-hydrogen) atoms. The van der Waals surface area contributed by atoms with Crippen molar-refractivity contribution in [2.75, 3.05) is 13.2 Å². The molecule has 1 aliphatic rings. The molecule has 0 aliphatic heterocycles. The van der Waals surface area contributed by atoms with Crippen molar-refractivity contribution < 1.29 is 14.6 Å². The van der Waals surface area contributed by atoms with Gasteiger partial charge < -0.3 is 20.9 Å². The summed E-state index contributed by atoms with van der Waals surface area (Å²) in [6, 6.07) is 0.268. The van der Waals surface area contributed by atoms with E-state index in [1.807, 2.05) is 0 Å². The molecular formula is C10H20N2O3. The Morgan fingerprint density at radius 1 is 1.60 bits per heavy atom. The van der Waals surface area contributed by atoms with Gasteiger partial charge in [-0.3, -0.25) is 0 Å². The summed E-state index contributed by atoms with van der Waals surface area (Å²) in [6.07, 6.45) is 2.32. The SMILES string of the molecule is CC1CCC(NC(=O)OCCO)CC1N. The molecule has 1 rings (SSSR count). The lowest BCUT2D eigenvalue weighted by atomic mass is 9.83. The topological polar surface area (TPSA) is 84.6 Å². The normalized spacial score (nSPS) is 31.0. The Morgan fingerprint density at radius 3 is 2.93 bits per heavy atom. The van der Waals surface area contributed by atoms with Crippen LogP contribution < -0.4 is 11.1 Å². The van der Waals surface area contributed by atoms with Crippen LogP contribution in [0.2, 0.25) is 0 Å². The predicted octanol–water partition coefficient (Wildman–Crippen LogP) is 0.221. The fourth-order valence-corrected chi connectivity index (χ4v) is 1.83. The van der Waals surface area contributed by atoms with Crippen molar-refractivity contribution in [1.29, 1.82) is 0 Å². The number of hydrogen-bond donors (Lipinski definition) is 3. The van der Waals surface area contributed by atoms with Crippen LogP contribution in [0.15, 0.2) is 0 Å². The molecule has 1 aliphatic carbocycles. The number of carbonyl (C=O) groups excluding carboxylic acids is 1. The second kappa shape index (κ2) is 5.92. The number of aliphatic hydroxyl groups excluding tert-OH is 1. The second-order valence-corrected chi connectivity index (χ2v) is 4.15. The molecule has 3 atom stereocenters. The molecule has 88 valence electrons. The predicted molar refractivity (Wildman–Crippen MR) is 56.3 cm³/mol. The van der Waals surface area contributed by atoms with Crippen LogP contribution in [0.25, 0.3) is 0 Å². The van der Waals surface area contributed by atoms with Crippen molar-refractivity contribution >= 4 is 6.09 Å². The molecule has 0 aromatic heterocycles. The van der Waals surface area contributed by atoms with Crippen molar-refractivity contribution in [3.8, 4) is 0 Å². The zero-order valence-electron chi connectivity index (χ0n) is 9.11. The lowest BCUT2D eigenvalue weighted by Crippen LogP contribution is -2.45. The van der Waals surface area contributed by atoms with Gasteiger partial charge in [-0.2, -0.15) is 0 Å². The average molecular weight is 216 g/mol. The monoisotopic (exact) mass is 216 g/mol. The smallest absolute Gasteiger partial charge is 0.407 e. The van der Waals surface area contributed by atoms with Crippen LogP contribution in [0, 0.1) is 5.92 Å². The molecule has 0 spiro atoms. The van der Waals surface area contributed by atoms with Crippen LogP contribution in [0.4, 0.5) is 4.79 Å². The van der Waals surface area contributed by atoms with Gasteiger partial charge in [0.25, 0.3) is 0 Å². The number of carbonyl (C=O) groups is 1. The van der Waals surface area contributed by atoms with E-state index in [1.54, 1.807) is 0 Å². The first-order valence-corrected chi connectivity index (χ1v) is 5.43. The van der Waals surface area contributed by atoms with Gasteiger partial charge in [-0.15, -0.1) is 0 Å². The Hall–Kier alpha value is -0.810. The van der Waals surface area contributed by atoms with Gasteiger partial charge in [0.2, 0.25) is 0 Å². The Morgan fingerprint density at radius 2 is 2.33 bits per heavy atom. The molecule has 1 saturated carbocycles. The summed E-state index contributed by atoms with van der Waals surface area (Å²) in [4.78, 5) is 11.2. The van der Waals surface area contributed by atoms with Crippen LogP contribution in [0.3, 0.4) is 0 Å². The highest BCUT2D eigenvalue weighted by atomic mass is 16.6. The Bertz CT molecular complexity index is 211. The molecule has 0 aromatic rings. The number of nitrogens with two attached hydrogens (primary N) is 1. The van der Waals surface area contributed by atoms with Crippen LogP contribution in [-0.4, -0.2) is 36.5 Å². The lowest BCUT2D eigenvalue weighted by molar-refractivity contribution is 0.112.